The summed E-state index contributed by atoms with van der Waals surface area (Å²) >= 11 is 0. The van der Waals surface area contributed by atoms with Crippen LogP contribution < -0.4 is 10.6 Å². The molecule has 1 aliphatic rings. The molecule has 1 rings (SSSR count). The fraction of sp³-hybridized carbons (Fsp3) is 0.938. The summed E-state index contributed by atoms with van der Waals surface area (Å²) in [5, 5.41) is 6.43. The number of hydrogen-bond acceptors (Lipinski definition) is 3. The van der Waals surface area contributed by atoms with E-state index in [0.29, 0.717) is 44.5 Å². The van der Waals surface area contributed by atoms with Crippen LogP contribution in [0.3, 0.4) is 0 Å². The Morgan fingerprint density at radius 1 is 1.36 bits per heavy atom. The second-order valence-corrected chi connectivity index (χ2v) is 6.51. The number of nitrogens with one attached hydrogen (secondary N) is 2. The summed E-state index contributed by atoms with van der Waals surface area (Å²) in [7, 11) is 1.67. The minimum absolute atomic E-state index is 0. The fourth-order valence-corrected chi connectivity index (χ4v) is 2.89. The third-order valence-corrected chi connectivity index (χ3v) is 4.09. The molecule has 0 aromatic carbocycles. The molecule has 9 heteroatoms. The van der Waals surface area contributed by atoms with Gasteiger partial charge in [0.05, 0.1) is 12.6 Å². The largest absolute Gasteiger partial charge is 0.401 e. The van der Waals surface area contributed by atoms with E-state index in [1.165, 1.54) is 4.90 Å². The smallest absolute Gasteiger partial charge is 0.378 e. The number of alkyl halides is 3. The molecule has 1 heterocycles. The maximum absolute atomic E-state index is 12.4. The highest BCUT2D eigenvalue weighted by Gasteiger charge is 2.34. The molecule has 0 aliphatic carbocycles. The molecule has 2 N–H and O–H groups in total. The summed E-state index contributed by atoms with van der Waals surface area (Å²) in [6, 6.07) is -0.00802. The number of rotatable bonds is 8. The van der Waals surface area contributed by atoms with Crippen LogP contribution >= 0.6 is 24.0 Å². The fourth-order valence-electron chi connectivity index (χ4n) is 2.89. The van der Waals surface area contributed by atoms with Crippen molar-refractivity contribution in [3.8, 4) is 0 Å². The summed E-state index contributed by atoms with van der Waals surface area (Å²) in [6.07, 6.45) is -2.41. The van der Waals surface area contributed by atoms with Gasteiger partial charge in [-0.05, 0) is 25.7 Å². The summed E-state index contributed by atoms with van der Waals surface area (Å²) < 4.78 is 43.0. The van der Waals surface area contributed by atoms with E-state index in [2.05, 4.69) is 29.5 Å². The number of nitrogens with zero attached hydrogens (tertiary/aromatic N) is 2. The Kier molecular flexibility index (Phi) is 12.0. The molecule has 0 amide bonds. The molecule has 2 atom stereocenters. The first kappa shape index (κ1) is 24.7. The molecule has 25 heavy (non-hydrogen) atoms. The molecular weight excluding hydrogens is 448 g/mol. The molecule has 0 aromatic heterocycles. The van der Waals surface area contributed by atoms with E-state index >= 15 is 0 Å². The average molecular weight is 480 g/mol. The van der Waals surface area contributed by atoms with Gasteiger partial charge in [0.25, 0.3) is 0 Å². The van der Waals surface area contributed by atoms with Crippen molar-refractivity contribution >= 4 is 29.9 Å². The molecule has 0 aromatic rings. The van der Waals surface area contributed by atoms with Gasteiger partial charge in [0.1, 0.15) is 0 Å². The second-order valence-electron chi connectivity index (χ2n) is 6.51. The second kappa shape index (κ2) is 12.2. The SMILES string of the molecule is CCOC(CCNC(=NC)NC1CCN(CC(F)(F)F)C1)C(C)C.I. The summed E-state index contributed by atoms with van der Waals surface area (Å²) in [6.45, 7) is 7.62. The Labute approximate surface area is 166 Å². The maximum Gasteiger partial charge on any atom is 0.401 e. The van der Waals surface area contributed by atoms with Crippen LogP contribution in [0.2, 0.25) is 0 Å². The molecule has 5 nitrogen and oxygen atoms in total. The monoisotopic (exact) mass is 480 g/mol. The highest BCUT2D eigenvalue weighted by atomic mass is 127. The lowest BCUT2D eigenvalue weighted by Crippen LogP contribution is -2.46. The first-order chi connectivity index (χ1) is 11.2. The van der Waals surface area contributed by atoms with Crippen LogP contribution in [0.25, 0.3) is 0 Å². The first-order valence-electron chi connectivity index (χ1n) is 8.63. The van der Waals surface area contributed by atoms with Gasteiger partial charge >= 0.3 is 6.18 Å². The highest BCUT2D eigenvalue weighted by molar-refractivity contribution is 14.0. The number of ether oxygens (including phenoxy) is 1. The van der Waals surface area contributed by atoms with Crippen molar-refractivity contribution in [1.29, 1.82) is 0 Å². The molecule has 150 valence electrons. The van der Waals surface area contributed by atoms with Gasteiger partial charge in [0.2, 0.25) is 0 Å². The van der Waals surface area contributed by atoms with Gasteiger partial charge in [-0.25, -0.2) is 0 Å². The van der Waals surface area contributed by atoms with Crippen LogP contribution in [0.5, 0.6) is 0 Å². The molecule has 0 bridgehead atoms. The lowest BCUT2D eigenvalue weighted by atomic mass is 10.0. The number of aliphatic imine (C=N–C) groups is 1. The average Bonchev–Trinajstić information content (AvgIpc) is 2.89. The molecular formula is C16H32F3IN4O. The topological polar surface area (TPSA) is 48.9 Å². The molecule has 0 radical (unpaired) electrons. The third kappa shape index (κ3) is 10.4. The van der Waals surface area contributed by atoms with Gasteiger partial charge in [-0.3, -0.25) is 9.89 Å². The van der Waals surface area contributed by atoms with Crippen LogP contribution in [-0.4, -0.2) is 69.0 Å². The number of halogens is 4. The van der Waals surface area contributed by atoms with Gasteiger partial charge < -0.3 is 15.4 Å². The van der Waals surface area contributed by atoms with E-state index < -0.39 is 12.7 Å². The molecule has 0 saturated carbocycles. The summed E-state index contributed by atoms with van der Waals surface area (Å²) in [5.41, 5.74) is 0. The standard InChI is InChI=1S/C16H31F3N4O.HI/c1-5-24-14(12(2)3)6-8-21-15(20-4)22-13-7-9-23(10-13)11-16(17,18)19;/h12-14H,5-11H2,1-4H3,(H2,20,21,22);1H. The molecule has 1 fully saturated rings. The minimum Gasteiger partial charge on any atom is -0.378 e. The lowest BCUT2D eigenvalue weighted by Gasteiger charge is -2.22. The van der Waals surface area contributed by atoms with Gasteiger partial charge in [-0.2, -0.15) is 13.2 Å². The van der Waals surface area contributed by atoms with E-state index in [-0.39, 0.29) is 36.1 Å². The van der Waals surface area contributed by atoms with E-state index in [9.17, 15) is 13.2 Å². The number of likely N-dealkylation sites (tertiary alicyclic amines) is 1. The number of hydrogen-bond donors (Lipinski definition) is 2. The number of guanidine groups is 1. The molecule has 0 spiro atoms. The van der Waals surface area contributed by atoms with Crippen LogP contribution in [0.4, 0.5) is 13.2 Å². The van der Waals surface area contributed by atoms with Crippen LogP contribution in [0.1, 0.15) is 33.6 Å². The molecule has 1 aliphatic heterocycles. The van der Waals surface area contributed by atoms with Gasteiger partial charge in [-0.1, -0.05) is 13.8 Å². The zero-order valence-corrected chi connectivity index (χ0v) is 17.9. The third-order valence-electron chi connectivity index (χ3n) is 4.09. The van der Waals surface area contributed by atoms with E-state index in [1.807, 2.05) is 6.92 Å². The Balaban J connectivity index is 0.00000576. The Bertz CT molecular complexity index is 394. The highest BCUT2D eigenvalue weighted by Crippen LogP contribution is 2.19. The predicted molar refractivity (Wildman–Crippen MR) is 106 cm³/mol. The van der Waals surface area contributed by atoms with Gasteiger partial charge in [-0.15, -0.1) is 24.0 Å². The van der Waals surface area contributed by atoms with Crippen LogP contribution in [0.15, 0.2) is 4.99 Å². The van der Waals surface area contributed by atoms with E-state index in [4.69, 9.17) is 4.74 Å². The first-order valence-corrected chi connectivity index (χ1v) is 8.63. The van der Waals surface area contributed by atoms with E-state index in [0.717, 1.165) is 6.42 Å². The van der Waals surface area contributed by atoms with Crippen molar-refractivity contribution in [2.24, 2.45) is 10.9 Å². The van der Waals surface area contributed by atoms with Crippen molar-refractivity contribution in [2.45, 2.75) is 51.9 Å². The minimum atomic E-state index is -4.14. The van der Waals surface area contributed by atoms with Gasteiger partial charge in [0, 0.05) is 39.3 Å². The Hall–Kier alpha value is -0.290. The van der Waals surface area contributed by atoms with Crippen molar-refractivity contribution in [3.63, 3.8) is 0 Å². The van der Waals surface area contributed by atoms with Crippen molar-refractivity contribution < 1.29 is 17.9 Å². The maximum atomic E-state index is 12.4. The zero-order chi connectivity index (χ0) is 18.2. The zero-order valence-electron chi connectivity index (χ0n) is 15.5. The normalized spacial score (nSPS) is 20.5. The van der Waals surface area contributed by atoms with Crippen molar-refractivity contribution in [3.05, 3.63) is 0 Å². The van der Waals surface area contributed by atoms with Crippen molar-refractivity contribution in [2.75, 3.05) is 39.8 Å². The predicted octanol–water partition coefficient (Wildman–Crippen LogP) is 2.86. The van der Waals surface area contributed by atoms with Crippen molar-refractivity contribution in [1.82, 2.24) is 15.5 Å². The van der Waals surface area contributed by atoms with Gasteiger partial charge in [0.15, 0.2) is 5.96 Å². The molecule has 1 saturated heterocycles. The summed E-state index contributed by atoms with van der Waals surface area (Å²) in [5.74, 6) is 1.07. The molecule has 2 unspecified atom stereocenters. The van der Waals surface area contributed by atoms with E-state index in [1.54, 1.807) is 7.05 Å². The quantitative estimate of drug-likeness (QED) is 0.319. The Morgan fingerprint density at radius 2 is 2.04 bits per heavy atom. The Morgan fingerprint density at radius 3 is 2.56 bits per heavy atom. The van der Waals surface area contributed by atoms with Crippen LogP contribution in [0, 0.1) is 5.92 Å². The lowest BCUT2D eigenvalue weighted by molar-refractivity contribution is -0.143. The summed E-state index contributed by atoms with van der Waals surface area (Å²) in [4.78, 5) is 5.58. The van der Waals surface area contributed by atoms with Crippen LogP contribution in [-0.2, 0) is 4.74 Å².